The highest BCUT2D eigenvalue weighted by molar-refractivity contribution is 7.99. The third-order valence-electron chi connectivity index (χ3n) is 2.25. The summed E-state index contributed by atoms with van der Waals surface area (Å²) in [5.41, 5.74) is -0.279. The molecule has 0 bridgehead atoms. The third-order valence-corrected chi connectivity index (χ3v) is 3.16. The molecule has 102 valence electrons. The number of hydrogen-bond acceptors (Lipinski definition) is 8. The van der Waals surface area contributed by atoms with Crippen LogP contribution in [0.25, 0.3) is 0 Å². The fraction of sp³-hybridized carbons (Fsp3) is 0.444. The van der Waals surface area contributed by atoms with Gasteiger partial charge >= 0.3 is 5.69 Å². The highest BCUT2D eigenvalue weighted by Crippen LogP contribution is 2.23. The summed E-state index contributed by atoms with van der Waals surface area (Å²) in [5, 5.41) is 10.1. The molecule has 0 amide bonds. The average Bonchev–Trinajstić information content (AvgIpc) is 2.70. The van der Waals surface area contributed by atoms with Gasteiger partial charge in [0.15, 0.2) is 5.16 Å². The molecule has 0 saturated carbocycles. The molecule has 10 heteroatoms. The Morgan fingerprint density at radius 3 is 2.58 bits per heavy atom. The van der Waals surface area contributed by atoms with E-state index in [4.69, 9.17) is 0 Å². The van der Waals surface area contributed by atoms with Crippen LogP contribution in [0.5, 0.6) is 0 Å². The number of nitrogens with zero attached hydrogens (tertiary/aromatic N) is 6. The summed E-state index contributed by atoms with van der Waals surface area (Å²) in [5.74, 6) is 0.990. The van der Waals surface area contributed by atoms with Gasteiger partial charge in [-0.15, -0.1) is 5.10 Å². The summed E-state index contributed by atoms with van der Waals surface area (Å²) >= 11 is 1.19. The average molecular weight is 282 g/mol. The van der Waals surface area contributed by atoms with Crippen molar-refractivity contribution in [3.8, 4) is 0 Å². The van der Waals surface area contributed by atoms with Gasteiger partial charge in [-0.2, -0.15) is 15.0 Å². The van der Waals surface area contributed by atoms with E-state index in [0.29, 0.717) is 22.2 Å². The Bertz CT molecular complexity index is 633. The Morgan fingerprint density at radius 1 is 1.32 bits per heavy atom. The van der Waals surface area contributed by atoms with Gasteiger partial charge in [0.2, 0.25) is 17.1 Å². The lowest BCUT2D eigenvalue weighted by molar-refractivity contribution is 0.760. The smallest absolute Gasteiger partial charge is 0.343 e. The van der Waals surface area contributed by atoms with Crippen LogP contribution < -0.4 is 15.9 Å². The molecule has 0 atom stereocenters. The number of aromatic amines is 1. The molecular formula is C9H14N8OS. The summed E-state index contributed by atoms with van der Waals surface area (Å²) in [4.78, 5) is 25.8. The topological polar surface area (TPSA) is 105 Å². The Labute approximate surface area is 113 Å². The molecule has 0 saturated heterocycles. The molecule has 2 aromatic rings. The van der Waals surface area contributed by atoms with E-state index < -0.39 is 0 Å². The molecule has 0 spiro atoms. The van der Waals surface area contributed by atoms with Crippen molar-refractivity contribution in [1.82, 2.24) is 29.7 Å². The van der Waals surface area contributed by atoms with Gasteiger partial charge in [-0.3, -0.25) is 4.57 Å². The van der Waals surface area contributed by atoms with Gasteiger partial charge < -0.3 is 10.2 Å². The van der Waals surface area contributed by atoms with Crippen molar-refractivity contribution in [2.75, 3.05) is 31.4 Å². The maximum atomic E-state index is 11.3. The largest absolute Gasteiger partial charge is 0.357 e. The molecule has 19 heavy (non-hydrogen) atoms. The predicted molar refractivity (Wildman–Crippen MR) is 71.7 cm³/mol. The van der Waals surface area contributed by atoms with Crippen molar-refractivity contribution in [3.05, 3.63) is 10.5 Å². The second-order valence-electron chi connectivity index (χ2n) is 3.86. The Balaban J connectivity index is 2.36. The summed E-state index contributed by atoms with van der Waals surface area (Å²) in [7, 11) is 7.04. The van der Waals surface area contributed by atoms with Gasteiger partial charge in [-0.05, 0) is 11.8 Å². The predicted octanol–water partition coefficient (Wildman–Crippen LogP) is -0.448. The number of anilines is 2. The minimum atomic E-state index is -0.279. The van der Waals surface area contributed by atoms with Crippen LogP contribution in [-0.2, 0) is 7.05 Å². The first-order chi connectivity index (χ1) is 9.01. The van der Waals surface area contributed by atoms with Gasteiger partial charge in [0.1, 0.15) is 0 Å². The van der Waals surface area contributed by atoms with Crippen LogP contribution in [0.2, 0.25) is 0 Å². The molecule has 2 rings (SSSR count). The quantitative estimate of drug-likeness (QED) is 0.777. The lowest BCUT2D eigenvalue weighted by Gasteiger charge is -2.11. The van der Waals surface area contributed by atoms with Crippen molar-refractivity contribution in [3.63, 3.8) is 0 Å². The van der Waals surface area contributed by atoms with Crippen molar-refractivity contribution >= 4 is 23.7 Å². The van der Waals surface area contributed by atoms with Crippen molar-refractivity contribution in [2.45, 2.75) is 10.3 Å². The van der Waals surface area contributed by atoms with Crippen molar-refractivity contribution in [1.29, 1.82) is 0 Å². The highest BCUT2D eigenvalue weighted by Gasteiger charge is 2.12. The van der Waals surface area contributed by atoms with E-state index in [2.05, 4.69) is 30.5 Å². The first-order valence-corrected chi connectivity index (χ1v) is 6.23. The van der Waals surface area contributed by atoms with E-state index in [9.17, 15) is 4.79 Å². The highest BCUT2D eigenvalue weighted by atomic mass is 32.2. The molecule has 0 aliphatic heterocycles. The van der Waals surface area contributed by atoms with E-state index >= 15 is 0 Å². The number of nitrogens with one attached hydrogen (secondary N) is 2. The number of H-pyrrole nitrogens is 1. The van der Waals surface area contributed by atoms with Crippen molar-refractivity contribution in [2.24, 2.45) is 7.05 Å². The van der Waals surface area contributed by atoms with E-state index in [-0.39, 0.29) is 5.69 Å². The molecule has 2 heterocycles. The molecule has 9 nitrogen and oxygen atoms in total. The first-order valence-electron chi connectivity index (χ1n) is 5.41. The summed E-state index contributed by atoms with van der Waals surface area (Å²) in [6, 6.07) is 0. The van der Waals surface area contributed by atoms with E-state index in [1.807, 2.05) is 14.1 Å². The van der Waals surface area contributed by atoms with E-state index in [1.54, 1.807) is 19.0 Å². The summed E-state index contributed by atoms with van der Waals surface area (Å²) < 4.78 is 1.39. The van der Waals surface area contributed by atoms with Crippen LogP contribution >= 0.6 is 11.8 Å². The SMILES string of the molecule is CNc1nc(Sc2n[nH]c(=O)n2C)nc(N(C)C)n1. The lowest BCUT2D eigenvalue weighted by Crippen LogP contribution is -2.15. The normalized spacial score (nSPS) is 10.5. The minimum Gasteiger partial charge on any atom is -0.357 e. The molecular weight excluding hydrogens is 268 g/mol. The van der Waals surface area contributed by atoms with Crippen LogP contribution in [0, 0.1) is 0 Å². The second kappa shape index (κ2) is 5.26. The van der Waals surface area contributed by atoms with Crippen LogP contribution in [0.4, 0.5) is 11.9 Å². The van der Waals surface area contributed by atoms with Crippen LogP contribution in [-0.4, -0.2) is 50.9 Å². The fourth-order valence-corrected chi connectivity index (χ4v) is 1.94. The molecule has 0 radical (unpaired) electrons. The maximum absolute atomic E-state index is 11.3. The summed E-state index contributed by atoms with van der Waals surface area (Å²) in [6.45, 7) is 0. The molecule has 0 aliphatic carbocycles. The zero-order valence-corrected chi connectivity index (χ0v) is 11.8. The molecule has 0 unspecified atom stereocenters. The maximum Gasteiger partial charge on any atom is 0.343 e. The molecule has 2 aromatic heterocycles. The van der Waals surface area contributed by atoms with Gasteiger partial charge in [-0.1, -0.05) is 0 Å². The minimum absolute atomic E-state index is 0.279. The molecule has 0 aliphatic rings. The van der Waals surface area contributed by atoms with E-state index in [0.717, 1.165) is 0 Å². The second-order valence-corrected chi connectivity index (χ2v) is 4.79. The number of rotatable bonds is 4. The van der Waals surface area contributed by atoms with Crippen molar-refractivity contribution < 1.29 is 0 Å². The zero-order valence-electron chi connectivity index (χ0n) is 11.0. The number of hydrogen-bond donors (Lipinski definition) is 2. The Hall–Kier alpha value is -2.10. The molecule has 2 N–H and O–H groups in total. The summed E-state index contributed by atoms with van der Waals surface area (Å²) in [6.07, 6.45) is 0. The fourth-order valence-electron chi connectivity index (χ4n) is 1.21. The standard InChI is InChI=1S/C9H14N8OS/c1-10-5-11-6(16(2)3)13-7(12-5)19-9-15-14-8(18)17(9)4/h1-4H3,(H,14,18)(H,10,11,12,13). The number of aromatic nitrogens is 6. The van der Waals surface area contributed by atoms with Crippen LogP contribution in [0.3, 0.4) is 0 Å². The Morgan fingerprint density at radius 2 is 2.05 bits per heavy atom. The third kappa shape index (κ3) is 2.84. The van der Waals surface area contributed by atoms with Gasteiger partial charge in [0.25, 0.3) is 0 Å². The van der Waals surface area contributed by atoms with Gasteiger partial charge in [0, 0.05) is 28.2 Å². The molecule has 0 aromatic carbocycles. The lowest BCUT2D eigenvalue weighted by atomic mass is 10.8. The van der Waals surface area contributed by atoms with E-state index in [1.165, 1.54) is 16.3 Å². The van der Waals surface area contributed by atoms with Gasteiger partial charge in [0.05, 0.1) is 0 Å². The molecule has 0 fully saturated rings. The van der Waals surface area contributed by atoms with Crippen LogP contribution in [0.1, 0.15) is 0 Å². The monoisotopic (exact) mass is 282 g/mol. The van der Waals surface area contributed by atoms with Crippen LogP contribution in [0.15, 0.2) is 15.1 Å². The van der Waals surface area contributed by atoms with Gasteiger partial charge in [-0.25, -0.2) is 9.89 Å². The first kappa shape index (κ1) is 13.3. The Kier molecular flexibility index (Phi) is 3.69. The zero-order chi connectivity index (χ0) is 14.0.